The number of anilines is 1. The highest BCUT2D eigenvalue weighted by Crippen LogP contribution is 2.33. The topological polar surface area (TPSA) is 60.2 Å². The first kappa shape index (κ1) is 11.6. The van der Waals surface area contributed by atoms with Crippen LogP contribution in [0.15, 0.2) is 12.1 Å². The van der Waals surface area contributed by atoms with Crippen LogP contribution in [0.1, 0.15) is 11.3 Å². The normalized spacial score (nSPS) is 14.6. The molecule has 0 atom stereocenters. The molecule has 1 aromatic heterocycles. The molecule has 3 rings (SSSR count). The minimum atomic E-state index is -0.480. The average Bonchev–Trinajstić information content (AvgIpc) is 2.38. The third-order valence-corrected chi connectivity index (χ3v) is 3.38. The van der Waals surface area contributed by atoms with Crippen LogP contribution in [-0.4, -0.2) is 11.6 Å². The van der Waals surface area contributed by atoms with Crippen LogP contribution in [0.2, 0.25) is 5.02 Å². The van der Waals surface area contributed by atoms with E-state index in [4.69, 9.17) is 22.2 Å². The van der Waals surface area contributed by atoms with E-state index >= 15 is 0 Å². The molecule has 6 heteroatoms. The van der Waals surface area contributed by atoms with Gasteiger partial charge in [0.05, 0.1) is 35.1 Å². The summed E-state index contributed by atoms with van der Waals surface area (Å²) in [5, 5.41) is 0.755. The first-order chi connectivity index (χ1) is 8.70. The van der Waals surface area contributed by atoms with Crippen molar-refractivity contribution < 1.29 is 9.13 Å². The van der Waals surface area contributed by atoms with Crippen LogP contribution in [0.25, 0.3) is 10.9 Å². The lowest BCUT2D eigenvalue weighted by atomic mass is 10.0. The number of hydrazine groups is 1. The Kier molecular flexibility index (Phi) is 2.81. The number of rotatable bonds is 1. The number of nitrogens with two attached hydrogens (primary N) is 1. The molecule has 1 aromatic carbocycles. The monoisotopic (exact) mass is 267 g/mol. The van der Waals surface area contributed by atoms with E-state index in [1.54, 1.807) is 0 Å². The van der Waals surface area contributed by atoms with E-state index in [-0.39, 0.29) is 5.02 Å². The zero-order valence-corrected chi connectivity index (χ0v) is 10.2. The SMILES string of the molecule is NNc1c2c(nc3cc(F)c(Cl)cc13)CCOC2. The molecule has 2 heterocycles. The molecule has 0 saturated carbocycles. The Hall–Kier alpha value is -1.43. The van der Waals surface area contributed by atoms with Crippen molar-refractivity contribution in [3.63, 3.8) is 0 Å². The summed E-state index contributed by atoms with van der Waals surface area (Å²) >= 11 is 5.80. The van der Waals surface area contributed by atoms with Gasteiger partial charge in [-0.3, -0.25) is 10.8 Å². The van der Waals surface area contributed by atoms with Crippen LogP contribution >= 0.6 is 11.6 Å². The summed E-state index contributed by atoms with van der Waals surface area (Å²) in [5.74, 6) is 5.08. The van der Waals surface area contributed by atoms with E-state index in [2.05, 4.69) is 10.4 Å². The van der Waals surface area contributed by atoms with Gasteiger partial charge in [-0.2, -0.15) is 0 Å². The minimum Gasteiger partial charge on any atom is -0.376 e. The van der Waals surface area contributed by atoms with E-state index in [0.29, 0.717) is 36.2 Å². The highest BCUT2D eigenvalue weighted by molar-refractivity contribution is 6.31. The van der Waals surface area contributed by atoms with Crippen molar-refractivity contribution in [2.24, 2.45) is 5.84 Å². The molecule has 0 unspecified atom stereocenters. The third-order valence-electron chi connectivity index (χ3n) is 3.09. The molecular formula is C12H11ClFN3O. The summed E-state index contributed by atoms with van der Waals surface area (Å²) in [7, 11) is 0. The van der Waals surface area contributed by atoms with Crippen LogP contribution in [0.5, 0.6) is 0 Å². The molecule has 2 aromatic rings. The fourth-order valence-corrected chi connectivity index (χ4v) is 2.38. The van der Waals surface area contributed by atoms with Crippen molar-refractivity contribution in [3.05, 3.63) is 34.2 Å². The van der Waals surface area contributed by atoms with E-state index in [1.165, 1.54) is 12.1 Å². The number of nitrogens with one attached hydrogen (secondary N) is 1. The number of nitrogen functional groups attached to an aromatic ring is 1. The molecule has 0 radical (unpaired) electrons. The molecule has 0 aliphatic carbocycles. The average molecular weight is 268 g/mol. The molecule has 1 aliphatic heterocycles. The van der Waals surface area contributed by atoms with Gasteiger partial charge in [-0.05, 0) is 6.07 Å². The smallest absolute Gasteiger partial charge is 0.143 e. The van der Waals surface area contributed by atoms with E-state index < -0.39 is 5.82 Å². The van der Waals surface area contributed by atoms with Gasteiger partial charge in [0.2, 0.25) is 0 Å². The van der Waals surface area contributed by atoms with Gasteiger partial charge in [0, 0.05) is 23.4 Å². The summed E-state index contributed by atoms with van der Waals surface area (Å²) in [6, 6.07) is 2.86. The molecule has 3 N–H and O–H groups in total. The first-order valence-electron chi connectivity index (χ1n) is 5.55. The second-order valence-electron chi connectivity index (χ2n) is 4.14. The van der Waals surface area contributed by atoms with E-state index in [1.807, 2.05) is 0 Å². The Bertz CT molecular complexity index is 632. The van der Waals surface area contributed by atoms with E-state index in [9.17, 15) is 4.39 Å². The molecule has 0 amide bonds. The summed E-state index contributed by atoms with van der Waals surface area (Å²) in [4.78, 5) is 4.45. The predicted octanol–water partition coefficient (Wildman–Crippen LogP) is 2.39. The molecule has 0 spiro atoms. The highest BCUT2D eigenvalue weighted by atomic mass is 35.5. The summed E-state index contributed by atoms with van der Waals surface area (Å²) < 4.78 is 18.9. The lowest BCUT2D eigenvalue weighted by molar-refractivity contribution is 0.110. The number of hydrogen-bond acceptors (Lipinski definition) is 4. The molecule has 4 nitrogen and oxygen atoms in total. The van der Waals surface area contributed by atoms with Crippen LogP contribution in [0, 0.1) is 5.82 Å². The highest BCUT2D eigenvalue weighted by Gasteiger charge is 2.19. The molecular weight excluding hydrogens is 257 g/mol. The Morgan fingerprint density at radius 2 is 2.28 bits per heavy atom. The number of hydrogen-bond donors (Lipinski definition) is 2. The summed E-state index contributed by atoms with van der Waals surface area (Å²) in [6.45, 7) is 1.07. The fraction of sp³-hybridized carbons (Fsp3) is 0.250. The lowest BCUT2D eigenvalue weighted by Crippen LogP contribution is -2.18. The van der Waals surface area contributed by atoms with Crippen LogP contribution in [0.4, 0.5) is 10.1 Å². The van der Waals surface area contributed by atoms with Crippen molar-refractivity contribution in [1.29, 1.82) is 0 Å². The maximum atomic E-state index is 13.5. The Balaban J connectivity index is 2.36. The number of benzene rings is 1. The molecule has 0 bridgehead atoms. The van der Waals surface area contributed by atoms with Gasteiger partial charge in [-0.1, -0.05) is 11.6 Å². The lowest BCUT2D eigenvalue weighted by Gasteiger charge is -2.20. The molecule has 0 fully saturated rings. The van der Waals surface area contributed by atoms with Crippen molar-refractivity contribution in [2.45, 2.75) is 13.0 Å². The van der Waals surface area contributed by atoms with Crippen molar-refractivity contribution in [2.75, 3.05) is 12.0 Å². The van der Waals surface area contributed by atoms with Crippen molar-refractivity contribution >= 4 is 28.2 Å². The second-order valence-corrected chi connectivity index (χ2v) is 4.55. The third kappa shape index (κ3) is 1.71. The number of fused-ring (bicyclic) bond motifs is 2. The second kappa shape index (κ2) is 4.35. The Morgan fingerprint density at radius 1 is 1.44 bits per heavy atom. The van der Waals surface area contributed by atoms with Crippen molar-refractivity contribution in [3.8, 4) is 0 Å². The Labute approximate surface area is 108 Å². The molecule has 1 aliphatic rings. The predicted molar refractivity (Wildman–Crippen MR) is 67.9 cm³/mol. The standard InChI is InChI=1S/C12H11ClFN3O/c13-8-3-6-11(4-9(8)14)16-10-1-2-18-5-7(10)12(6)17-15/h3-4H,1-2,5,15H2,(H,16,17). The van der Waals surface area contributed by atoms with Crippen molar-refractivity contribution in [1.82, 2.24) is 4.98 Å². The van der Waals surface area contributed by atoms with Crippen LogP contribution in [-0.2, 0) is 17.8 Å². The van der Waals surface area contributed by atoms with Gasteiger partial charge in [0.15, 0.2) is 0 Å². The van der Waals surface area contributed by atoms with Gasteiger partial charge in [-0.15, -0.1) is 0 Å². The van der Waals surface area contributed by atoms with Gasteiger partial charge >= 0.3 is 0 Å². The van der Waals surface area contributed by atoms with E-state index in [0.717, 1.165) is 11.3 Å². The van der Waals surface area contributed by atoms with Gasteiger partial charge in [0.1, 0.15) is 5.82 Å². The quantitative estimate of drug-likeness (QED) is 0.615. The zero-order valence-electron chi connectivity index (χ0n) is 9.46. The maximum Gasteiger partial charge on any atom is 0.143 e. The summed E-state index contributed by atoms with van der Waals surface area (Å²) in [5.41, 5.74) is 5.70. The minimum absolute atomic E-state index is 0.0532. The van der Waals surface area contributed by atoms with Gasteiger partial charge in [0.25, 0.3) is 0 Å². The Morgan fingerprint density at radius 3 is 3.06 bits per heavy atom. The van der Waals surface area contributed by atoms with Crippen LogP contribution < -0.4 is 11.3 Å². The first-order valence-corrected chi connectivity index (χ1v) is 5.93. The fourth-order valence-electron chi connectivity index (χ4n) is 2.22. The molecule has 18 heavy (non-hydrogen) atoms. The van der Waals surface area contributed by atoms with Gasteiger partial charge < -0.3 is 10.2 Å². The molecule has 94 valence electrons. The number of ether oxygens (including phenoxy) is 1. The zero-order chi connectivity index (χ0) is 12.7. The number of pyridine rings is 1. The summed E-state index contributed by atoms with van der Waals surface area (Å²) in [6.07, 6.45) is 0.699. The molecule has 0 saturated heterocycles. The number of nitrogens with zero attached hydrogens (tertiary/aromatic N) is 1. The number of halogens is 2. The maximum absolute atomic E-state index is 13.5. The van der Waals surface area contributed by atoms with Gasteiger partial charge in [-0.25, -0.2) is 4.39 Å². The largest absolute Gasteiger partial charge is 0.376 e. The number of aromatic nitrogens is 1. The van der Waals surface area contributed by atoms with Crippen LogP contribution in [0.3, 0.4) is 0 Å².